The average molecular weight is 194 g/mol. The molecule has 1 aromatic rings. The summed E-state index contributed by atoms with van der Waals surface area (Å²) in [6, 6.07) is 3.50. The Labute approximate surface area is 82.7 Å². The van der Waals surface area contributed by atoms with Gasteiger partial charge in [0.15, 0.2) is 0 Å². The second kappa shape index (κ2) is 4.57. The fourth-order valence-electron chi connectivity index (χ4n) is 1.18. The lowest BCUT2D eigenvalue weighted by atomic mass is 10.3. The van der Waals surface area contributed by atoms with Crippen molar-refractivity contribution in [2.24, 2.45) is 5.73 Å². The molecule has 76 valence electrons. The molecule has 0 radical (unpaired) electrons. The number of nitrogen functional groups attached to an aromatic ring is 1. The number of nitrogens with two attached hydrogens (primary N) is 2. The summed E-state index contributed by atoms with van der Waals surface area (Å²) < 4.78 is 0. The number of amides is 1. The molecule has 5 heteroatoms. The van der Waals surface area contributed by atoms with Crippen LogP contribution in [0.1, 0.15) is 5.69 Å². The van der Waals surface area contributed by atoms with Crippen LogP contribution < -0.4 is 11.5 Å². The van der Waals surface area contributed by atoms with Gasteiger partial charge in [-0.3, -0.25) is 14.7 Å². The Balaban J connectivity index is 2.55. The summed E-state index contributed by atoms with van der Waals surface area (Å²) in [4.78, 5) is 16.5. The Morgan fingerprint density at radius 3 is 2.93 bits per heavy atom. The molecule has 1 aromatic heterocycles. The van der Waals surface area contributed by atoms with E-state index in [1.807, 2.05) is 0 Å². The molecule has 1 amide bonds. The number of primary amides is 1. The van der Waals surface area contributed by atoms with Gasteiger partial charge in [-0.15, -0.1) is 0 Å². The third kappa shape index (κ3) is 3.40. The first-order valence-corrected chi connectivity index (χ1v) is 4.25. The minimum absolute atomic E-state index is 0.219. The highest BCUT2D eigenvalue weighted by Gasteiger charge is 2.04. The van der Waals surface area contributed by atoms with E-state index in [2.05, 4.69) is 4.98 Å². The topological polar surface area (TPSA) is 85.2 Å². The van der Waals surface area contributed by atoms with E-state index >= 15 is 0 Å². The van der Waals surface area contributed by atoms with Crippen LogP contribution in [0.15, 0.2) is 18.3 Å². The number of hydrogen-bond donors (Lipinski definition) is 2. The fourth-order valence-corrected chi connectivity index (χ4v) is 1.18. The van der Waals surface area contributed by atoms with E-state index in [1.165, 1.54) is 0 Å². The van der Waals surface area contributed by atoms with E-state index in [1.54, 1.807) is 30.3 Å². The van der Waals surface area contributed by atoms with Crippen molar-refractivity contribution in [1.82, 2.24) is 9.88 Å². The first-order chi connectivity index (χ1) is 6.58. The van der Waals surface area contributed by atoms with Gasteiger partial charge >= 0.3 is 0 Å². The number of hydrogen-bond acceptors (Lipinski definition) is 4. The Hall–Kier alpha value is -1.62. The maximum Gasteiger partial charge on any atom is 0.231 e. The lowest BCUT2D eigenvalue weighted by Crippen LogP contribution is -2.30. The van der Waals surface area contributed by atoms with E-state index in [9.17, 15) is 4.79 Å². The van der Waals surface area contributed by atoms with Gasteiger partial charge in [0.25, 0.3) is 0 Å². The number of likely N-dealkylation sites (N-methyl/N-ethyl adjacent to an activating group) is 1. The van der Waals surface area contributed by atoms with Gasteiger partial charge in [-0.2, -0.15) is 0 Å². The van der Waals surface area contributed by atoms with Crippen LogP contribution in [0.25, 0.3) is 0 Å². The van der Waals surface area contributed by atoms with Gasteiger partial charge < -0.3 is 11.5 Å². The maximum atomic E-state index is 10.6. The summed E-state index contributed by atoms with van der Waals surface area (Å²) in [7, 11) is 1.80. The molecule has 0 unspecified atom stereocenters. The monoisotopic (exact) mass is 194 g/mol. The number of nitrogens with zero attached hydrogens (tertiary/aromatic N) is 2. The summed E-state index contributed by atoms with van der Waals surface area (Å²) in [5.74, 6) is -0.351. The molecule has 0 saturated carbocycles. The molecule has 4 N–H and O–H groups in total. The minimum atomic E-state index is -0.351. The third-order valence-corrected chi connectivity index (χ3v) is 1.70. The van der Waals surface area contributed by atoms with Crippen molar-refractivity contribution in [2.45, 2.75) is 6.54 Å². The zero-order chi connectivity index (χ0) is 10.6. The Kier molecular flexibility index (Phi) is 3.41. The largest absolute Gasteiger partial charge is 0.399 e. The Morgan fingerprint density at radius 1 is 1.64 bits per heavy atom. The number of anilines is 1. The maximum absolute atomic E-state index is 10.6. The standard InChI is InChI=1S/C9H14N4O/c1-13(6-9(11)14)5-8-4-7(10)2-3-12-8/h2-4H,5-6H2,1H3,(H2,10,12)(H2,11,14). The van der Waals surface area contributed by atoms with Crippen molar-refractivity contribution in [3.63, 3.8) is 0 Å². The molecule has 0 saturated heterocycles. The Bertz CT molecular complexity index is 326. The van der Waals surface area contributed by atoms with Gasteiger partial charge in [-0.1, -0.05) is 0 Å². The van der Waals surface area contributed by atoms with Crippen molar-refractivity contribution in [3.05, 3.63) is 24.0 Å². The molecule has 0 spiro atoms. The lowest BCUT2D eigenvalue weighted by Gasteiger charge is -2.13. The van der Waals surface area contributed by atoms with Crippen LogP contribution in [-0.4, -0.2) is 29.4 Å². The van der Waals surface area contributed by atoms with E-state index in [-0.39, 0.29) is 12.5 Å². The van der Waals surface area contributed by atoms with E-state index in [4.69, 9.17) is 11.5 Å². The predicted octanol–water partition coefficient (Wildman–Crippen LogP) is -0.419. The van der Waals surface area contributed by atoms with Gasteiger partial charge in [-0.25, -0.2) is 0 Å². The van der Waals surface area contributed by atoms with Gasteiger partial charge in [0, 0.05) is 18.4 Å². The van der Waals surface area contributed by atoms with E-state index < -0.39 is 0 Å². The molecular formula is C9H14N4O. The van der Waals surface area contributed by atoms with Crippen LogP contribution in [-0.2, 0) is 11.3 Å². The molecule has 0 bridgehead atoms. The van der Waals surface area contributed by atoms with Crippen molar-refractivity contribution in [2.75, 3.05) is 19.3 Å². The van der Waals surface area contributed by atoms with Gasteiger partial charge in [0.2, 0.25) is 5.91 Å². The SMILES string of the molecule is CN(CC(N)=O)Cc1cc(N)ccn1. The molecule has 0 fully saturated rings. The molecule has 1 heterocycles. The summed E-state index contributed by atoms with van der Waals surface area (Å²) in [5.41, 5.74) is 12.1. The number of carbonyl (C=O) groups is 1. The molecule has 14 heavy (non-hydrogen) atoms. The number of carbonyl (C=O) groups excluding carboxylic acids is 1. The molecule has 5 nitrogen and oxygen atoms in total. The van der Waals surface area contributed by atoms with Gasteiger partial charge in [-0.05, 0) is 19.2 Å². The summed E-state index contributed by atoms with van der Waals surface area (Å²) >= 11 is 0. The quantitative estimate of drug-likeness (QED) is 0.681. The number of aromatic nitrogens is 1. The first kappa shape index (κ1) is 10.5. The summed E-state index contributed by atoms with van der Waals surface area (Å²) in [6.07, 6.45) is 1.64. The smallest absolute Gasteiger partial charge is 0.231 e. The van der Waals surface area contributed by atoms with Crippen LogP contribution in [0, 0.1) is 0 Å². The zero-order valence-corrected chi connectivity index (χ0v) is 8.10. The second-order valence-electron chi connectivity index (χ2n) is 3.22. The molecular weight excluding hydrogens is 180 g/mol. The third-order valence-electron chi connectivity index (χ3n) is 1.70. The second-order valence-corrected chi connectivity index (χ2v) is 3.22. The van der Waals surface area contributed by atoms with Crippen LogP contribution >= 0.6 is 0 Å². The molecule has 0 aliphatic carbocycles. The zero-order valence-electron chi connectivity index (χ0n) is 8.10. The highest BCUT2D eigenvalue weighted by atomic mass is 16.1. The van der Waals surface area contributed by atoms with Crippen LogP contribution in [0.4, 0.5) is 5.69 Å². The first-order valence-electron chi connectivity index (χ1n) is 4.25. The minimum Gasteiger partial charge on any atom is -0.399 e. The summed E-state index contributed by atoms with van der Waals surface area (Å²) in [6.45, 7) is 0.782. The Morgan fingerprint density at radius 2 is 2.36 bits per heavy atom. The van der Waals surface area contributed by atoms with Crippen LogP contribution in [0.2, 0.25) is 0 Å². The van der Waals surface area contributed by atoms with Crippen LogP contribution in [0.5, 0.6) is 0 Å². The number of rotatable bonds is 4. The van der Waals surface area contributed by atoms with Crippen molar-refractivity contribution >= 4 is 11.6 Å². The van der Waals surface area contributed by atoms with Crippen molar-refractivity contribution < 1.29 is 4.79 Å². The molecule has 0 atom stereocenters. The van der Waals surface area contributed by atoms with Crippen molar-refractivity contribution in [3.8, 4) is 0 Å². The highest BCUT2D eigenvalue weighted by molar-refractivity contribution is 5.75. The normalized spacial score (nSPS) is 10.4. The molecule has 0 aromatic carbocycles. The van der Waals surface area contributed by atoms with E-state index in [0.29, 0.717) is 12.2 Å². The highest BCUT2D eigenvalue weighted by Crippen LogP contribution is 2.04. The van der Waals surface area contributed by atoms with Crippen LogP contribution in [0.3, 0.4) is 0 Å². The molecule has 0 aliphatic rings. The lowest BCUT2D eigenvalue weighted by molar-refractivity contribution is -0.118. The van der Waals surface area contributed by atoms with Gasteiger partial charge in [0.05, 0.1) is 12.2 Å². The number of pyridine rings is 1. The molecule has 1 rings (SSSR count). The van der Waals surface area contributed by atoms with Crippen molar-refractivity contribution in [1.29, 1.82) is 0 Å². The average Bonchev–Trinajstić information content (AvgIpc) is 2.01. The van der Waals surface area contributed by atoms with Gasteiger partial charge in [0.1, 0.15) is 0 Å². The predicted molar refractivity (Wildman–Crippen MR) is 54.2 cm³/mol. The fraction of sp³-hybridized carbons (Fsp3) is 0.333. The summed E-state index contributed by atoms with van der Waals surface area (Å²) in [5, 5.41) is 0. The van der Waals surface area contributed by atoms with E-state index in [0.717, 1.165) is 5.69 Å². The molecule has 0 aliphatic heterocycles.